The topological polar surface area (TPSA) is 160 Å². The van der Waals surface area contributed by atoms with Gasteiger partial charge in [0.15, 0.2) is 11.0 Å². The molecule has 1 aliphatic heterocycles. The number of carbonyl (C=O) groups excluding carboxylic acids is 2. The predicted molar refractivity (Wildman–Crippen MR) is 110 cm³/mol. The van der Waals surface area contributed by atoms with Gasteiger partial charge in [-0.15, -0.1) is 0 Å². The van der Waals surface area contributed by atoms with Crippen LogP contribution >= 0.6 is 12.2 Å². The number of hydrogen-bond donors (Lipinski definition) is 2. The number of rotatable bonds is 6. The summed E-state index contributed by atoms with van der Waals surface area (Å²) >= 11 is 5.07. The lowest BCUT2D eigenvalue weighted by Gasteiger charge is -2.30. The Labute approximate surface area is 173 Å². The van der Waals surface area contributed by atoms with Crippen molar-refractivity contribution in [2.24, 2.45) is 11.0 Å². The number of nitrogens with one attached hydrogen (secondary N) is 2. The van der Waals surface area contributed by atoms with Crippen molar-refractivity contribution in [3.63, 3.8) is 0 Å². The van der Waals surface area contributed by atoms with E-state index >= 15 is 0 Å². The predicted octanol–water partition coefficient (Wildman–Crippen LogP) is 1.96. The van der Waals surface area contributed by atoms with E-state index in [1.165, 1.54) is 0 Å². The molecule has 2 amide bonds. The van der Waals surface area contributed by atoms with E-state index in [4.69, 9.17) is 12.2 Å². The summed E-state index contributed by atoms with van der Waals surface area (Å²) in [6.45, 7) is 0. The maximum Gasteiger partial charge on any atom is 0.301 e. The summed E-state index contributed by atoms with van der Waals surface area (Å²) in [6.07, 6.45) is 0.973. The van der Waals surface area contributed by atoms with Crippen molar-refractivity contribution >= 4 is 58.1 Å². The summed E-state index contributed by atoms with van der Waals surface area (Å²) in [5.74, 6) is -2.71. The number of hydrogen-bond acceptors (Lipinski definition) is 9. The number of nitro groups is 2. The number of benzene rings is 2. The molecule has 0 aliphatic carbocycles. The van der Waals surface area contributed by atoms with Gasteiger partial charge in [0.1, 0.15) is 5.69 Å². The van der Waals surface area contributed by atoms with Crippen LogP contribution in [0.4, 0.5) is 22.7 Å². The fourth-order valence-electron chi connectivity index (χ4n) is 2.60. The number of anilines is 2. The molecule has 1 fully saturated rings. The molecule has 1 heterocycles. The van der Waals surface area contributed by atoms with Crippen LogP contribution in [0.3, 0.4) is 0 Å². The van der Waals surface area contributed by atoms with E-state index in [1.807, 2.05) is 0 Å². The van der Waals surface area contributed by atoms with Gasteiger partial charge in [-0.1, -0.05) is 18.2 Å². The van der Waals surface area contributed by atoms with Gasteiger partial charge in [0.25, 0.3) is 11.6 Å². The fourth-order valence-corrected chi connectivity index (χ4v) is 2.90. The molecule has 12 nitrogen and oxygen atoms in total. The molecule has 0 radical (unpaired) electrons. The molecule has 30 heavy (non-hydrogen) atoms. The van der Waals surface area contributed by atoms with Gasteiger partial charge in [0.2, 0.25) is 5.91 Å². The summed E-state index contributed by atoms with van der Waals surface area (Å²) in [5, 5.41) is 28.0. The van der Waals surface area contributed by atoms with Crippen molar-refractivity contribution in [3.8, 4) is 0 Å². The quantitative estimate of drug-likeness (QED) is 0.232. The van der Waals surface area contributed by atoms with Crippen molar-refractivity contribution in [2.75, 3.05) is 10.3 Å². The van der Waals surface area contributed by atoms with Gasteiger partial charge in [-0.3, -0.25) is 40.1 Å². The third-order valence-corrected chi connectivity index (χ3v) is 4.30. The summed E-state index contributed by atoms with van der Waals surface area (Å²) in [7, 11) is 0. The SMILES string of the molecule is O=C1NC(=S)N(c2ccccc2)C(=O)[C@@H]1/C=N\Nc1ccc([N+](=O)[O-])cc1[N+](=O)[O-]. The Hall–Kier alpha value is -4.26. The molecule has 0 bridgehead atoms. The largest absolute Gasteiger partial charge is 0.301 e. The van der Waals surface area contributed by atoms with Crippen molar-refractivity contribution < 1.29 is 19.4 Å². The lowest BCUT2D eigenvalue weighted by atomic mass is 10.1. The molecule has 1 aliphatic rings. The maximum absolute atomic E-state index is 12.8. The van der Waals surface area contributed by atoms with E-state index in [-0.39, 0.29) is 10.8 Å². The molecule has 152 valence electrons. The Morgan fingerprint density at radius 2 is 1.80 bits per heavy atom. The lowest BCUT2D eigenvalue weighted by Crippen LogP contribution is -2.58. The molecule has 0 saturated carbocycles. The zero-order valence-electron chi connectivity index (χ0n) is 14.9. The minimum Gasteiger partial charge on any atom is -0.301 e. The van der Waals surface area contributed by atoms with E-state index in [0.717, 1.165) is 29.3 Å². The summed E-state index contributed by atoms with van der Waals surface area (Å²) in [4.78, 5) is 46.4. The van der Waals surface area contributed by atoms with Gasteiger partial charge in [-0.05, 0) is 30.4 Å². The van der Waals surface area contributed by atoms with Gasteiger partial charge in [0, 0.05) is 12.3 Å². The summed E-state index contributed by atoms with van der Waals surface area (Å²) in [5.41, 5.74) is 1.58. The summed E-state index contributed by atoms with van der Waals surface area (Å²) in [6, 6.07) is 11.3. The number of carbonyl (C=O) groups is 2. The number of thiocarbonyl (C=S) groups is 1. The Bertz CT molecular complexity index is 1090. The monoisotopic (exact) mass is 428 g/mol. The van der Waals surface area contributed by atoms with E-state index in [9.17, 15) is 29.8 Å². The standard InChI is InChI=1S/C17H12N6O6S/c24-15-12(16(25)21(17(30)19-15)10-4-2-1-3-5-10)9-18-20-13-7-6-11(22(26)27)8-14(13)23(28)29/h1-9,12,20H,(H,19,24,30)/b18-9-/t12-/m1/s1. The molecule has 13 heteroatoms. The molecule has 2 N–H and O–H groups in total. The molecule has 1 atom stereocenters. The number of nitrogens with zero attached hydrogens (tertiary/aromatic N) is 4. The minimum atomic E-state index is -1.35. The molecule has 0 spiro atoms. The maximum atomic E-state index is 12.8. The second kappa shape index (κ2) is 8.40. The van der Waals surface area contributed by atoms with Crippen molar-refractivity contribution in [3.05, 3.63) is 68.8 Å². The van der Waals surface area contributed by atoms with E-state index in [0.29, 0.717) is 5.69 Å². The van der Waals surface area contributed by atoms with Crippen LogP contribution in [0.15, 0.2) is 53.6 Å². The number of hydrazone groups is 1. The van der Waals surface area contributed by atoms with Gasteiger partial charge in [-0.25, -0.2) is 0 Å². The molecule has 0 aromatic heterocycles. The zero-order valence-corrected chi connectivity index (χ0v) is 15.7. The highest BCUT2D eigenvalue weighted by Gasteiger charge is 2.38. The Kier molecular flexibility index (Phi) is 5.73. The smallest absolute Gasteiger partial charge is 0.301 e. The molecule has 0 unspecified atom stereocenters. The molecular formula is C17H12N6O6S. The minimum absolute atomic E-state index is 0.0835. The summed E-state index contributed by atoms with van der Waals surface area (Å²) < 4.78 is 0. The Morgan fingerprint density at radius 1 is 1.10 bits per heavy atom. The second-order valence-corrected chi connectivity index (χ2v) is 6.27. The third-order valence-electron chi connectivity index (χ3n) is 4.01. The van der Waals surface area contributed by atoms with Crippen LogP contribution in [0, 0.1) is 26.1 Å². The average Bonchev–Trinajstić information content (AvgIpc) is 2.70. The van der Waals surface area contributed by atoms with E-state index in [1.54, 1.807) is 30.3 Å². The highest BCUT2D eigenvalue weighted by molar-refractivity contribution is 7.80. The van der Waals surface area contributed by atoms with Gasteiger partial charge < -0.3 is 5.32 Å². The first kappa shape index (κ1) is 20.5. The number of non-ortho nitro benzene ring substituents is 1. The fraction of sp³-hybridized carbons (Fsp3) is 0.0588. The van der Waals surface area contributed by atoms with Crippen molar-refractivity contribution in [1.82, 2.24) is 5.32 Å². The Balaban J connectivity index is 1.82. The van der Waals surface area contributed by atoms with Gasteiger partial charge in [-0.2, -0.15) is 5.10 Å². The number of para-hydroxylation sites is 1. The van der Waals surface area contributed by atoms with Crippen LogP contribution in [-0.4, -0.2) is 33.0 Å². The first-order valence-corrected chi connectivity index (χ1v) is 8.66. The lowest BCUT2D eigenvalue weighted by molar-refractivity contribution is -0.393. The molecule has 3 rings (SSSR count). The van der Waals surface area contributed by atoms with Crippen LogP contribution in [0.25, 0.3) is 0 Å². The molecule has 2 aromatic rings. The van der Waals surface area contributed by atoms with Crippen molar-refractivity contribution in [2.45, 2.75) is 0 Å². The average molecular weight is 428 g/mol. The Morgan fingerprint density at radius 3 is 2.43 bits per heavy atom. The van der Waals surface area contributed by atoms with Gasteiger partial charge >= 0.3 is 5.69 Å². The highest BCUT2D eigenvalue weighted by atomic mass is 32.1. The van der Waals surface area contributed by atoms with Crippen molar-refractivity contribution in [1.29, 1.82) is 0 Å². The molecule has 2 aromatic carbocycles. The van der Waals surface area contributed by atoms with E-state index in [2.05, 4.69) is 15.8 Å². The molecule has 1 saturated heterocycles. The third kappa shape index (κ3) is 4.10. The van der Waals surface area contributed by atoms with Crippen LogP contribution < -0.4 is 15.6 Å². The van der Waals surface area contributed by atoms with Gasteiger partial charge in [0.05, 0.1) is 21.6 Å². The molecular weight excluding hydrogens is 416 g/mol. The van der Waals surface area contributed by atoms with Crippen LogP contribution in [0.5, 0.6) is 0 Å². The van der Waals surface area contributed by atoms with Crippen LogP contribution in [0.1, 0.15) is 0 Å². The van der Waals surface area contributed by atoms with E-state index < -0.39 is 39.0 Å². The second-order valence-electron chi connectivity index (χ2n) is 5.89. The number of amides is 2. The highest BCUT2D eigenvalue weighted by Crippen LogP contribution is 2.29. The first-order chi connectivity index (χ1) is 14.3. The van der Waals surface area contributed by atoms with Crippen LogP contribution in [0.2, 0.25) is 0 Å². The normalized spacial score (nSPS) is 16.5. The zero-order chi connectivity index (χ0) is 21.8. The van der Waals surface area contributed by atoms with Crippen LogP contribution in [-0.2, 0) is 9.59 Å². The first-order valence-electron chi connectivity index (χ1n) is 8.25. The number of nitro benzene ring substituents is 2.